The highest BCUT2D eigenvalue weighted by atomic mass is 36.0. The molecule has 0 aliphatic carbocycles. The van der Waals surface area contributed by atoms with Crippen LogP contribution in [0.1, 0.15) is 46.2 Å². The first-order chi connectivity index (χ1) is 15.6. The van der Waals surface area contributed by atoms with Gasteiger partial charge in [0.05, 0.1) is 29.6 Å². The molecule has 0 saturated carbocycles. The molecule has 2 aromatic rings. The number of rotatable bonds is 5. The average Bonchev–Trinajstić information content (AvgIpc) is 3.18. The molecule has 0 bridgehead atoms. The Morgan fingerprint density at radius 3 is 1.64 bits per heavy atom. The number of carbonyl (C=O) groups is 2. The quantitative estimate of drug-likeness (QED) is 0.161. The van der Waals surface area contributed by atoms with Crippen LogP contribution in [0, 0.1) is 21.3 Å². The van der Waals surface area contributed by atoms with Crippen LogP contribution in [0.4, 0.5) is 0 Å². The van der Waals surface area contributed by atoms with Gasteiger partial charge in [-0.3, -0.25) is 9.36 Å². The molecule has 17 heteroatoms. The van der Waals surface area contributed by atoms with Crippen LogP contribution in [0.25, 0.3) is 0 Å². The Morgan fingerprint density at radius 2 is 1.36 bits per heavy atom. The van der Waals surface area contributed by atoms with Gasteiger partial charge in [-0.05, 0) is 33.8 Å². The van der Waals surface area contributed by atoms with Crippen LogP contribution in [0.15, 0.2) is 6.07 Å². The van der Waals surface area contributed by atoms with E-state index in [2.05, 4.69) is 31.6 Å². The van der Waals surface area contributed by atoms with Crippen LogP contribution in [-0.4, -0.2) is 73.3 Å². The van der Waals surface area contributed by atoms with Crippen molar-refractivity contribution in [3.05, 3.63) is 41.3 Å². The maximum atomic E-state index is 11.3. The van der Waals surface area contributed by atoms with Crippen molar-refractivity contribution in [1.29, 1.82) is 0 Å². The van der Waals surface area contributed by atoms with Crippen molar-refractivity contribution in [2.24, 2.45) is 14.1 Å². The van der Waals surface area contributed by atoms with E-state index < -0.39 is 14.2 Å². The fraction of sp³-hybridized carbons (Fsp3) is 0.526. The summed E-state index contributed by atoms with van der Waals surface area (Å²) in [5, 5.41) is 8.39. The number of aromatic nitrogens is 4. The predicted molar refractivity (Wildman–Crippen MR) is 153 cm³/mol. The van der Waals surface area contributed by atoms with Crippen molar-refractivity contribution in [2.75, 3.05) is 25.0 Å². The number of hydrogen-bond donors (Lipinski definition) is 0. The molecule has 10 nitrogen and oxygen atoms in total. The molecular weight excluding hydrogens is 600 g/mol. The molecular formula is C19H34BCl5N4O6S-2. The lowest BCUT2D eigenvalue weighted by Gasteiger charge is -2.01. The minimum atomic E-state index is -3.72. The maximum absolute atomic E-state index is 11.3. The monoisotopic (exact) mass is 632 g/mol. The number of aryl methyl sites for hydroxylation is 4. The van der Waals surface area contributed by atoms with Crippen molar-refractivity contribution in [1.82, 2.24) is 19.6 Å². The van der Waals surface area contributed by atoms with Gasteiger partial charge in [-0.2, -0.15) is 18.6 Å². The second-order valence-electron chi connectivity index (χ2n) is 5.86. The SMILES string of the molecule is CCOC(=O)c1c(Cl)c(C)nn1C.CCOC(=O)c1cc(C)nn1C.ClCCCl.O=S(=O)(Cl)Cl.[BH4-].[CH3-]. The van der Waals surface area contributed by atoms with Gasteiger partial charge in [0.25, 0.3) is 0 Å². The lowest BCUT2D eigenvalue weighted by Crippen LogP contribution is -2.10. The molecule has 2 aromatic heterocycles. The first-order valence-electron chi connectivity index (χ1n) is 9.44. The molecule has 0 radical (unpaired) electrons. The molecule has 0 atom stereocenters. The fourth-order valence-electron chi connectivity index (χ4n) is 2.06. The summed E-state index contributed by atoms with van der Waals surface area (Å²) in [5.74, 6) is 0.361. The second-order valence-corrected chi connectivity index (χ2v) is 10.7. The molecule has 212 valence electrons. The van der Waals surface area contributed by atoms with Crippen LogP contribution in [-0.2, 0) is 31.8 Å². The minimum absolute atomic E-state index is 0. The highest BCUT2D eigenvalue weighted by Gasteiger charge is 2.19. The topological polar surface area (TPSA) is 122 Å². The van der Waals surface area contributed by atoms with Gasteiger partial charge >= 0.3 is 20.2 Å². The van der Waals surface area contributed by atoms with Gasteiger partial charge in [0.15, 0.2) is 5.69 Å². The zero-order chi connectivity index (χ0) is 27.1. The Bertz CT molecular complexity index is 1010. The fourth-order valence-corrected chi connectivity index (χ4v) is 2.30. The molecule has 2 heterocycles. The van der Waals surface area contributed by atoms with Gasteiger partial charge in [-0.1, -0.05) is 20.0 Å². The minimum Gasteiger partial charge on any atom is -0.461 e. The van der Waals surface area contributed by atoms with Gasteiger partial charge in [0.1, 0.15) is 5.69 Å². The Morgan fingerprint density at radius 1 is 0.944 bits per heavy atom. The molecule has 2 rings (SSSR count). The van der Waals surface area contributed by atoms with Crippen LogP contribution in [0.2, 0.25) is 5.02 Å². The Labute approximate surface area is 238 Å². The number of hydrogen-bond acceptors (Lipinski definition) is 8. The van der Waals surface area contributed by atoms with Gasteiger partial charge < -0.3 is 16.9 Å². The average molecular weight is 635 g/mol. The van der Waals surface area contributed by atoms with Gasteiger partial charge in [0, 0.05) is 47.2 Å². The molecule has 0 spiro atoms. The highest BCUT2D eigenvalue weighted by Crippen LogP contribution is 2.19. The smallest absolute Gasteiger partial charge is 0.358 e. The van der Waals surface area contributed by atoms with Crippen molar-refractivity contribution in [2.45, 2.75) is 27.7 Å². The molecule has 0 amide bonds. The van der Waals surface area contributed by atoms with Gasteiger partial charge in [0.2, 0.25) is 0 Å². The summed E-state index contributed by atoms with van der Waals surface area (Å²) >= 11 is 16.0. The molecule has 0 unspecified atom stereocenters. The number of alkyl halides is 2. The van der Waals surface area contributed by atoms with E-state index >= 15 is 0 Å². The number of esters is 2. The Kier molecular flexibility index (Phi) is 25.5. The molecule has 0 aliphatic heterocycles. The molecule has 0 aromatic carbocycles. The molecule has 0 fully saturated rings. The highest BCUT2D eigenvalue weighted by molar-refractivity contribution is 8.31. The summed E-state index contributed by atoms with van der Waals surface area (Å²) in [4.78, 5) is 22.5. The second kappa shape index (κ2) is 21.9. The van der Waals surface area contributed by atoms with Crippen molar-refractivity contribution in [3.8, 4) is 0 Å². The predicted octanol–water partition coefficient (Wildman–Crippen LogP) is 3.64. The molecule has 0 aliphatic rings. The third-order valence-electron chi connectivity index (χ3n) is 3.18. The van der Waals surface area contributed by atoms with E-state index in [0.29, 0.717) is 47.1 Å². The number of halogens is 5. The first-order valence-corrected chi connectivity index (χ1v) is 14.0. The maximum Gasteiger partial charge on any atom is 0.358 e. The summed E-state index contributed by atoms with van der Waals surface area (Å²) < 4.78 is 30.9. The van der Waals surface area contributed by atoms with Crippen LogP contribution in [0.5, 0.6) is 0 Å². The van der Waals surface area contributed by atoms with Crippen molar-refractivity contribution < 1.29 is 27.5 Å². The normalized spacial score (nSPS) is 9.42. The summed E-state index contributed by atoms with van der Waals surface area (Å²) in [6, 6.07) is 1.71. The molecule has 0 saturated heterocycles. The molecule has 36 heavy (non-hydrogen) atoms. The zero-order valence-electron chi connectivity index (χ0n) is 20.4. The van der Waals surface area contributed by atoms with Gasteiger partial charge in [-0.25, -0.2) is 9.59 Å². The molecule has 0 N–H and O–H groups in total. The van der Waals surface area contributed by atoms with E-state index in [1.54, 1.807) is 40.9 Å². The van der Waals surface area contributed by atoms with Crippen LogP contribution < -0.4 is 0 Å². The van der Waals surface area contributed by atoms with E-state index in [1.165, 1.54) is 9.36 Å². The van der Waals surface area contributed by atoms with Crippen LogP contribution >= 0.6 is 56.2 Å². The first kappa shape index (κ1) is 41.9. The van der Waals surface area contributed by atoms with E-state index in [0.717, 1.165) is 5.69 Å². The van der Waals surface area contributed by atoms with E-state index in [4.69, 9.17) is 52.7 Å². The van der Waals surface area contributed by atoms with E-state index in [-0.39, 0.29) is 21.8 Å². The lowest BCUT2D eigenvalue weighted by atomic mass is 10.4. The van der Waals surface area contributed by atoms with Crippen molar-refractivity contribution in [3.63, 3.8) is 0 Å². The summed E-state index contributed by atoms with van der Waals surface area (Å²) in [6.07, 6.45) is 0. The third kappa shape index (κ3) is 19.0. The number of nitrogens with zero attached hydrogens (tertiary/aromatic N) is 4. The summed E-state index contributed by atoms with van der Waals surface area (Å²) in [5.41, 5.74) is 2.25. The number of carbonyl (C=O) groups excluding carboxylic acids is 2. The standard InChI is InChI=1S/C8H11ClN2O2.C8H12N2O2.C2H4Cl2.CH3.BH4.Cl2O2S/c1-4-13-8(12)7-6(9)5(2)10-11(7)3;1-4-12-8(11)7-5-6(2)9-10(7)3;3-1-2-4;;;1-5(2,3)4/h4H2,1-3H3;5H,4H2,1-3H3;1-2H2;1H3;1H4;/q;;;2*-1;. The Hall–Kier alpha value is -1.18. The van der Waals surface area contributed by atoms with E-state index in [9.17, 15) is 9.59 Å². The Balaban J connectivity index is -0.000000206. The number of ether oxygens (including phenoxy) is 2. The third-order valence-corrected chi connectivity index (χ3v) is 4.20. The van der Waals surface area contributed by atoms with Crippen molar-refractivity contribution >= 4 is 84.8 Å². The van der Waals surface area contributed by atoms with Gasteiger partial charge in [-0.15, -0.1) is 23.2 Å². The summed E-state index contributed by atoms with van der Waals surface area (Å²) in [6.45, 7) is 7.83. The van der Waals surface area contributed by atoms with E-state index in [1.807, 2.05) is 6.92 Å². The largest absolute Gasteiger partial charge is 0.461 e. The lowest BCUT2D eigenvalue weighted by molar-refractivity contribution is 0.0504. The summed E-state index contributed by atoms with van der Waals surface area (Å²) in [7, 11) is 8.19. The zero-order valence-corrected chi connectivity index (χ0v) is 25.0. The van der Waals surface area contributed by atoms with Crippen LogP contribution in [0.3, 0.4) is 0 Å².